The van der Waals surface area contributed by atoms with Crippen molar-refractivity contribution in [3.63, 3.8) is 0 Å². The maximum atomic E-state index is 12.8. The fourth-order valence-electron chi connectivity index (χ4n) is 3.73. The number of furan rings is 1. The van der Waals surface area contributed by atoms with Crippen molar-refractivity contribution < 1.29 is 27.3 Å². The van der Waals surface area contributed by atoms with Crippen LogP contribution in [-0.2, 0) is 6.18 Å². The average molecular weight is 411 g/mol. The zero-order valence-corrected chi connectivity index (χ0v) is 15.6. The van der Waals surface area contributed by atoms with Crippen molar-refractivity contribution in [1.29, 1.82) is 0 Å². The van der Waals surface area contributed by atoms with Crippen molar-refractivity contribution in [2.24, 2.45) is 5.92 Å². The summed E-state index contributed by atoms with van der Waals surface area (Å²) in [6, 6.07) is 7.25. The second-order valence-corrected chi connectivity index (χ2v) is 7.05. The fourth-order valence-corrected chi connectivity index (χ4v) is 3.73. The van der Waals surface area contributed by atoms with Gasteiger partial charge in [0.25, 0.3) is 5.91 Å². The molecule has 1 saturated heterocycles. The number of likely N-dealkylation sites (tertiary alicyclic amines) is 1. The highest BCUT2D eigenvalue weighted by Crippen LogP contribution is 2.36. The number of amides is 1. The lowest BCUT2D eigenvalue weighted by atomic mass is 9.84. The third-order valence-electron chi connectivity index (χ3n) is 5.11. The van der Waals surface area contributed by atoms with Crippen LogP contribution in [-0.4, -0.2) is 35.9 Å². The number of nitrogens with zero attached hydrogens (tertiary/aromatic N) is 2. The lowest BCUT2D eigenvalue weighted by molar-refractivity contribution is -0.402. The molecule has 0 spiro atoms. The van der Waals surface area contributed by atoms with E-state index in [-0.39, 0.29) is 24.3 Å². The molecule has 2 heterocycles. The van der Waals surface area contributed by atoms with Crippen molar-refractivity contribution in [1.82, 2.24) is 10.2 Å². The Balaban J connectivity index is 1.71. The Bertz CT molecular complexity index is 880. The lowest BCUT2D eigenvalue weighted by Crippen LogP contribution is -2.41. The molecule has 1 aromatic heterocycles. The van der Waals surface area contributed by atoms with Crippen LogP contribution in [0.2, 0.25) is 0 Å². The van der Waals surface area contributed by atoms with Crippen LogP contribution in [0, 0.1) is 16.0 Å². The first-order valence-electron chi connectivity index (χ1n) is 9.06. The highest BCUT2D eigenvalue weighted by Gasteiger charge is 2.33. The molecule has 0 bridgehead atoms. The number of rotatable bonds is 5. The summed E-state index contributed by atoms with van der Waals surface area (Å²) in [6.45, 7) is 1.06. The topological polar surface area (TPSA) is 88.6 Å². The number of nitro groups is 1. The molecule has 10 heteroatoms. The monoisotopic (exact) mass is 411 g/mol. The van der Waals surface area contributed by atoms with Gasteiger partial charge < -0.3 is 9.73 Å². The summed E-state index contributed by atoms with van der Waals surface area (Å²) in [5.41, 5.74) is 0.0389. The zero-order valence-electron chi connectivity index (χ0n) is 15.6. The van der Waals surface area contributed by atoms with Gasteiger partial charge in [0.05, 0.1) is 11.6 Å². The molecule has 7 nitrogen and oxygen atoms in total. The molecule has 1 aliphatic heterocycles. The van der Waals surface area contributed by atoms with Gasteiger partial charge in [0.15, 0.2) is 5.76 Å². The fraction of sp³-hybridized carbons (Fsp3) is 0.421. The first-order chi connectivity index (χ1) is 13.7. The molecule has 29 heavy (non-hydrogen) atoms. The van der Waals surface area contributed by atoms with Crippen LogP contribution in [0.1, 0.15) is 40.6 Å². The predicted octanol–water partition coefficient (Wildman–Crippen LogP) is 4.02. The number of piperidine rings is 1. The largest absolute Gasteiger partial charge is 0.433 e. The first-order valence-corrected chi connectivity index (χ1v) is 9.06. The smallest absolute Gasteiger partial charge is 0.395 e. The molecule has 1 aliphatic rings. The number of carbonyl (C=O) groups excluding carboxylic acids is 1. The van der Waals surface area contributed by atoms with Gasteiger partial charge in [-0.1, -0.05) is 12.1 Å². The predicted molar refractivity (Wildman–Crippen MR) is 97.2 cm³/mol. The summed E-state index contributed by atoms with van der Waals surface area (Å²) >= 11 is 0. The van der Waals surface area contributed by atoms with Crippen molar-refractivity contribution in [2.75, 3.05) is 20.1 Å². The zero-order chi connectivity index (χ0) is 21.2. The Morgan fingerprint density at radius 1 is 1.28 bits per heavy atom. The van der Waals surface area contributed by atoms with Gasteiger partial charge in [-0.2, -0.15) is 13.2 Å². The van der Waals surface area contributed by atoms with E-state index in [4.69, 9.17) is 4.42 Å². The number of hydrogen-bond donors (Lipinski definition) is 1. The van der Waals surface area contributed by atoms with Crippen LogP contribution >= 0.6 is 0 Å². The van der Waals surface area contributed by atoms with Gasteiger partial charge >= 0.3 is 12.1 Å². The van der Waals surface area contributed by atoms with Crippen LogP contribution in [0.5, 0.6) is 0 Å². The van der Waals surface area contributed by atoms with E-state index in [1.807, 2.05) is 7.05 Å². The quantitative estimate of drug-likeness (QED) is 0.593. The number of nitrogens with one attached hydrogen (secondary N) is 1. The van der Waals surface area contributed by atoms with E-state index in [1.54, 1.807) is 0 Å². The third kappa shape index (κ3) is 4.76. The Kier molecular flexibility index (Phi) is 5.92. The lowest BCUT2D eigenvalue weighted by Gasteiger charge is -2.39. The molecular weight excluding hydrogens is 391 g/mol. The third-order valence-corrected chi connectivity index (χ3v) is 5.11. The van der Waals surface area contributed by atoms with Gasteiger partial charge in [-0.3, -0.25) is 19.8 Å². The molecule has 0 saturated carbocycles. The average Bonchev–Trinajstić information content (AvgIpc) is 3.16. The van der Waals surface area contributed by atoms with E-state index < -0.39 is 28.5 Å². The second-order valence-electron chi connectivity index (χ2n) is 7.05. The van der Waals surface area contributed by atoms with E-state index in [0.29, 0.717) is 0 Å². The molecular formula is C19H20F3N3O4. The van der Waals surface area contributed by atoms with Crippen LogP contribution < -0.4 is 5.32 Å². The summed E-state index contributed by atoms with van der Waals surface area (Å²) < 4.78 is 43.4. The molecule has 0 aliphatic carbocycles. The summed E-state index contributed by atoms with van der Waals surface area (Å²) in [5.74, 6) is -1.28. The number of benzene rings is 1. The van der Waals surface area contributed by atoms with Gasteiger partial charge in [0.2, 0.25) is 0 Å². The van der Waals surface area contributed by atoms with E-state index >= 15 is 0 Å². The molecule has 2 aromatic rings. The van der Waals surface area contributed by atoms with Crippen molar-refractivity contribution in [3.05, 3.63) is 63.4 Å². The highest BCUT2D eigenvalue weighted by molar-refractivity contribution is 5.91. The number of hydrogen-bond acceptors (Lipinski definition) is 5. The summed E-state index contributed by atoms with van der Waals surface area (Å²) in [5, 5.41) is 13.4. The van der Waals surface area contributed by atoms with Gasteiger partial charge in [-0.05, 0) is 56.1 Å². The number of halogens is 3. The van der Waals surface area contributed by atoms with Crippen molar-refractivity contribution in [2.45, 2.75) is 25.1 Å². The first kappa shape index (κ1) is 20.8. The minimum Gasteiger partial charge on any atom is -0.395 e. The molecule has 1 N–H and O–H groups in total. The minimum atomic E-state index is -4.39. The molecule has 156 valence electrons. The van der Waals surface area contributed by atoms with Gasteiger partial charge in [0, 0.05) is 12.6 Å². The Morgan fingerprint density at radius 2 is 1.97 bits per heavy atom. The van der Waals surface area contributed by atoms with Crippen LogP contribution in [0.15, 0.2) is 40.8 Å². The van der Waals surface area contributed by atoms with E-state index in [0.717, 1.165) is 43.1 Å². The number of alkyl halides is 3. The van der Waals surface area contributed by atoms with Gasteiger partial charge in [0.1, 0.15) is 4.92 Å². The minimum absolute atomic E-state index is 0.0283. The maximum Gasteiger partial charge on any atom is 0.433 e. The number of carbonyl (C=O) groups is 1. The Labute approximate surface area is 164 Å². The Hall–Kier alpha value is -2.88. The van der Waals surface area contributed by atoms with Crippen molar-refractivity contribution >= 4 is 11.8 Å². The summed E-state index contributed by atoms with van der Waals surface area (Å²) in [4.78, 5) is 24.2. The Morgan fingerprint density at radius 3 is 2.55 bits per heavy atom. The molecule has 2 atom stereocenters. The summed E-state index contributed by atoms with van der Waals surface area (Å²) in [6.07, 6.45) is -2.72. The van der Waals surface area contributed by atoms with Crippen molar-refractivity contribution in [3.8, 4) is 0 Å². The molecule has 1 fully saturated rings. The highest BCUT2D eigenvalue weighted by atomic mass is 19.4. The van der Waals surface area contributed by atoms with E-state index in [9.17, 15) is 28.1 Å². The van der Waals surface area contributed by atoms with Crippen LogP contribution in [0.25, 0.3) is 0 Å². The SMILES string of the molecule is CN1CCCC(CNC(=O)c2ccc([N+](=O)[O-])o2)C1c1ccc(C(F)(F)F)cc1. The molecule has 1 amide bonds. The molecule has 0 radical (unpaired) electrons. The van der Waals surface area contributed by atoms with Gasteiger partial charge in [-0.15, -0.1) is 0 Å². The maximum absolute atomic E-state index is 12.8. The second kappa shape index (κ2) is 8.24. The van der Waals surface area contributed by atoms with Gasteiger partial charge in [-0.25, -0.2) is 0 Å². The normalized spacial score (nSPS) is 20.4. The molecule has 2 unspecified atom stereocenters. The standard InChI is InChI=1S/C19H20F3N3O4/c1-24-10-2-3-13(11-23-18(26)15-8-9-16(29-15)25(27)28)17(24)12-4-6-14(7-5-12)19(20,21)22/h4-9,13,17H,2-3,10-11H2,1H3,(H,23,26). The van der Waals surface area contributed by atoms with Crippen LogP contribution in [0.4, 0.5) is 19.1 Å². The summed E-state index contributed by atoms with van der Waals surface area (Å²) in [7, 11) is 1.90. The molecule has 1 aromatic carbocycles. The van der Waals surface area contributed by atoms with Crippen LogP contribution in [0.3, 0.4) is 0 Å². The molecule has 3 rings (SSSR count). The van der Waals surface area contributed by atoms with E-state index in [1.165, 1.54) is 18.2 Å². The van der Waals surface area contributed by atoms with E-state index in [2.05, 4.69) is 10.2 Å².